The highest BCUT2D eigenvalue weighted by Crippen LogP contribution is 2.41. The van der Waals surface area contributed by atoms with Gasteiger partial charge in [0, 0.05) is 11.8 Å². The van der Waals surface area contributed by atoms with Gasteiger partial charge >= 0.3 is 0 Å². The minimum Gasteiger partial charge on any atom is -0.330 e. The lowest BCUT2D eigenvalue weighted by Gasteiger charge is -2.21. The third kappa shape index (κ3) is 2.34. The maximum Gasteiger partial charge on any atom is 0.147 e. The second kappa shape index (κ2) is 6.14. The minimum absolute atomic E-state index is 0.0489. The first-order chi connectivity index (χ1) is 7.75. The number of fused-ring (bicyclic) bond motifs is 1. The zero-order valence-electron chi connectivity index (χ0n) is 10.4. The molecule has 2 unspecified atom stereocenters. The number of hydrogen-bond donors (Lipinski definition) is 1. The quantitative estimate of drug-likeness (QED) is 0.730. The first kappa shape index (κ1) is 13.4. The summed E-state index contributed by atoms with van der Waals surface area (Å²) in [6, 6.07) is 0. The molecule has 16 heavy (non-hydrogen) atoms. The van der Waals surface area contributed by atoms with E-state index in [4.69, 9.17) is 5.73 Å². The van der Waals surface area contributed by atoms with E-state index in [-0.39, 0.29) is 29.3 Å². The highest BCUT2D eigenvalue weighted by molar-refractivity contribution is 6.11. The van der Waals surface area contributed by atoms with E-state index in [2.05, 4.69) is 0 Å². The third-order valence-electron chi connectivity index (χ3n) is 3.64. The average Bonchev–Trinajstić information content (AvgIpc) is 2.58. The smallest absolute Gasteiger partial charge is 0.147 e. The van der Waals surface area contributed by atoms with Gasteiger partial charge in [-0.1, -0.05) is 26.7 Å². The fraction of sp³-hybridized carbons (Fsp3) is 0.846. The first-order valence-electron chi connectivity index (χ1n) is 6.53. The van der Waals surface area contributed by atoms with Crippen molar-refractivity contribution in [2.45, 2.75) is 46.0 Å². The van der Waals surface area contributed by atoms with Gasteiger partial charge in [0.05, 0.1) is 5.92 Å². The topological polar surface area (TPSA) is 60.2 Å². The molecule has 0 aromatic heterocycles. The van der Waals surface area contributed by atoms with Crippen LogP contribution in [0.2, 0.25) is 0 Å². The van der Waals surface area contributed by atoms with Crippen molar-refractivity contribution in [3.8, 4) is 0 Å². The Labute approximate surface area is 97.8 Å². The van der Waals surface area contributed by atoms with Gasteiger partial charge in [-0.2, -0.15) is 0 Å². The maximum absolute atomic E-state index is 11.9. The number of rotatable bonds is 2. The predicted octanol–water partition coefficient (Wildman–Crippen LogP) is 1.94. The summed E-state index contributed by atoms with van der Waals surface area (Å²) in [6.45, 7) is 4.45. The van der Waals surface area contributed by atoms with Crippen LogP contribution in [0, 0.1) is 17.8 Å². The predicted molar refractivity (Wildman–Crippen MR) is 64.0 cm³/mol. The Morgan fingerprint density at radius 3 is 1.88 bits per heavy atom. The molecule has 0 bridgehead atoms. The standard InChI is InChI=1S/C11H17NO2.C2H6/c12-6-5-9-10(13)7-3-1-2-4-8(7)11(9)14;1-2/h7-9H,1-6,12H2;1-2H3. The molecule has 2 rings (SSSR count). The number of carbonyl (C=O) groups excluding carboxylic acids is 2. The molecule has 2 N–H and O–H groups in total. The van der Waals surface area contributed by atoms with Crippen LogP contribution in [0.3, 0.4) is 0 Å². The SMILES string of the molecule is CC.NCCC1C(=O)C2CCCCC2C1=O. The molecule has 2 saturated carbocycles. The number of ketones is 2. The van der Waals surface area contributed by atoms with Crippen molar-refractivity contribution in [1.29, 1.82) is 0 Å². The lowest BCUT2D eigenvalue weighted by molar-refractivity contribution is -0.128. The molecule has 3 nitrogen and oxygen atoms in total. The fourth-order valence-corrected chi connectivity index (χ4v) is 2.92. The normalized spacial score (nSPS) is 33.1. The van der Waals surface area contributed by atoms with E-state index in [0.717, 1.165) is 25.7 Å². The summed E-state index contributed by atoms with van der Waals surface area (Å²) in [5, 5.41) is 0. The summed E-state index contributed by atoms with van der Waals surface area (Å²) in [5.74, 6) is 0.115. The minimum atomic E-state index is -0.354. The van der Waals surface area contributed by atoms with Gasteiger partial charge in [-0.3, -0.25) is 9.59 Å². The van der Waals surface area contributed by atoms with Crippen molar-refractivity contribution >= 4 is 11.6 Å². The van der Waals surface area contributed by atoms with Crippen molar-refractivity contribution in [3.05, 3.63) is 0 Å². The van der Waals surface area contributed by atoms with Crippen LogP contribution in [0.5, 0.6) is 0 Å². The molecule has 2 aliphatic rings. The van der Waals surface area contributed by atoms with Gasteiger partial charge < -0.3 is 5.73 Å². The zero-order chi connectivity index (χ0) is 12.1. The van der Waals surface area contributed by atoms with E-state index >= 15 is 0 Å². The molecule has 0 saturated heterocycles. The Kier molecular flexibility index (Phi) is 5.13. The molecule has 0 amide bonds. The molecule has 3 heteroatoms. The van der Waals surface area contributed by atoms with Crippen LogP contribution >= 0.6 is 0 Å². The van der Waals surface area contributed by atoms with Gasteiger partial charge in [0.2, 0.25) is 0 Å². The van der Waals surface area contributed by atoms with Crippen LogP contribution in [0.15, 0.2) is 0 Å². The highest BCUT2D eigenvalue weighted by Gasteiger charge is 2.48. The summed E-state index contributed by atoms with van der Waals surface area (Å²) >= 11 is 0. The van der Waals surface area contributed by atoms with Crippen LogP contribution in [0.1, 0.15) is 46.0 Å². The van der Waals surface area contributed by atoms with Gasteiger partial charge in [0.15, 0.2) is 0 Å². The van der Waals surface area contributed by atoms with Gasteiger partial charge in [0.25, 0.3) is 0 Å². The molecule has 2 fully saturated rings. The van der Waals surface area contributed by atoms with Crippen molar-refractivity contribution in [2.75, 3.05) is 6.54 Å². The summed E-state index contributed by atoms with van der Waals surface area (Å²) in [7, 11) is 0. The van der Waals surface area contributed by atoms with Gasteiger partial charge in [0.1, 0.15) is 11.6 Å². The maximum atomic E-state index is 11.9. The summed E-state index contributed by atoms with van der Waals surface area (Å²) in [5.41, 5.74) is 5.42. The van der Waals surface area contributed by atoms with E-state index < -0.39 is 0 Å². The molecule has 0 aliphatic heterocycles. The second-order valence-electron chi connectivity index (χ2n) is 4.43. The molecule has 0 aromatic carbocycles. The number of nitrogens with two attached hydrogens (primary N) is 1. The lowest BCUT2D eigenvalue weighted by atomic mass is 9.81. The summed E-state index contributed by atoms with van der Waals surface area (Å²) < 4.78 is 0. The van der Waals surface area contributed by atoms with Crippen molar-refractivity contribution in [3.63, 3.8) is 0 Å². The number of Topliss-reactive ketones (excluding diaryl/α,β-unsaturated/α-hetero) is 2. The van der Waals surface area contributed by atoms with Gasteiger partial charge in [-0.15, -0.1) is 0 Å². The Bertz CT molecular complexity index is 239. The molecule has 0 spiro atoms. The fourth-order valence-electron chi connectivity index (χ4n) is 2.92. The van der Waals surface area contributed by atoms with Crippen molar-refractivity contribution in [2.24, 2.45) is 23.5 Å². The molecule has 0 heterocycles. The monoisotopic (exact) mass is 225 g/mol. The zero-order valence-corrected chi connectivity index (χ0v) is 10.4. The Hall–Kier alpha value is -0.700. The third-order valence-corrected chi connectivity index (χ3v) is 3.64. The molecular weight excluding hydrogens is 202 g/mol. The van der Waals surface area contributed by atoms with E-state index in [1.165, 1.54) is 0 Å². The van der Waals surface area contributed by atoms with Crippen LogP contribution < -0.4 is 5.73 Å². The molecule has 0 radical (unpaired) electrons. The van der Waals surface area contributed by atoms with Crippen LogP contribution in [0.25, 0.3) is 0 Å². The van der Waals surface area contributed by atoms with Gasteiger partial charge in [-0.05, 0) is 25.8 Å². The van der Waals surface area contributed by atoms with Crippen molar-refractivity contribution < 1.29 is 9.59 Å². The Balaban J connectivity index is 0.000000606. The van der Waals surface area contributed by atoms with Crippen LogP contribution in [0.4, 0.5) is 0 Å². The lowest BCUT2D eigenvalue weighted by Crippen LogP contribution is -2.21. The second-order valence-corrected chi connectivity index (χ2v) is 4.43. The Morgan fingerprint density at radius 2 is 1.50 bits per heavy atom. The van der Waals surface area contributed by atoms with E-state index in [0.29, 0.717) is 13.0 Å². The summed E-state index contributed by atoms with van der Waals surface area (Å²) in [6.07, 6.45) is 4.63. The number of carbonyl (C=O) groups is 2. The van der Waals surface area contributed by atoms with E-state index in [1.54, 1.807) is 0 Å². The van der Waals surface area contributed by atoms with Crippen LogP contribution in [-0.2, 0) is 9.59 Å². The Morgan fingerprint density at radius 1 is 1.06 bits per heavy atom. The van der Waals surface area contributed by atoms with Gasteiger partial charge in [-0.25, -0.2) is 0 Å². The first-order valence-corrected chi connectivity index (χ1v) is 6.53. The van der Waals surface area contributed by atoms with E-state index in [9.17, 15) is 9.59 Å². The van der Waals surface area contributed by atoms with Crippen LogP contribution in [-0.4, -0.2) is 18.1 Å². The highest BCUT2D eigenvalue weighted by atomic mass is 16.2. The van der Waals surface area contributed by atoms with E-state index in [1.807, 2.05) is 13.8 Å². The van der Waals surface area contributed by atoms with Crippen molar-refractivity contribution in [1.82, 2.24) is 0 Å². The molecule has 0 aromatic rings. The molecule has 2 aliphatic carbocycles. The largest absolute Gasteiger partial charge is 0.330 e. The molecule has 2 atom stereocenters. The average molecular weight is 225 g/mol. The number of hydrogen-bond acceptors (Lipinski definition) is 3. The molecule has 92 valence electrons. The summed E-state index contributed by atoms with van der Waals surface area (Å²) in [4.78, 5) is 23.7. The molecular formula is C13H23NO2.